The average Bonchev–Trinajstić information content (AvgIpc) is 2.96. The van der Waals surface area contributed by atoms with Gasteiger partial charge in [-0.15, -0.1) is 0 Å². The van der Waals surface area contributed by atoms with E-state index in [0.717, 1.165) is 4.57 Å². The number of aromatic carboxylic acids is 1. The van der Waals surface area contributed by atoms with Crippen molar-refractivity contribution in [3.63, 3.8) is 0 Å². The molecule has 1 aromatic carbocycles. The van der Waals surface area contributed by atoms with Gasteiger partial charge in [0.25, 0.3) is 5.91 Å². The molecule has 0 aliphatic rings. The summed E-state index contributed by atoms with van der Waals surface area (Å²) in [6.45, 7) is 0.0998. The van der Waals surface area contributed by atoms with Crippen LogP contribution in [0.3, 0.4) is 0 Å². The zero-order chi connectivity index (χ0) is 22.9. The highest BCUT2D eigenvalue weighted by Gasteiger charge is 2.32. The second-order valence-corrected chi connectivity index (χ2v) is 7.05. The molecule has 2 heterocycles. The highest BCUT2D eigenvalue weighted by molar-refractivity contribution is 6.30. The highest BCUT2D eigenvalue weighted by Crippen LogP contribution is 2.36. The number of carbonyl (C=O) groups excluding carboxylic acids is 1. The molecule has 2 N–H and O–H groups in total. The number of alkyl halides is 3. The van der Waals surface area contributed by atoms with E-state index in [-0.39, 0.29) is 16.7 Å². The van der Waals surface area contributed by atoms with Crippen LogP contribution in [-0.4, -0.2) is 39.3 Å². The van der Waals surface area contributed by atoms with E-state index in [1.54, 1.807) is 6.92 Å². The van der Waals surface area contributed by atoms with Crippen LogP contribution in [0.25, 0.3) is 11.0 Å². The summed E-state index contributed by atoms with van der Waals surface area (Å²) in [5, 5.41) is 12.7. The summed E-state index contributed by atoms with van der Waals surface area (Å²) in [7, 11) is 1.37. The number of aryl methyl sites for hydroxylation is 2. The number of carboxylic acids is 1. The molecule has 3 aromatic rings. The van der Waals surface area contributed by atoms with Gasteiger partial charge >= 0.3 is 12.1 Å². The zero-order valence-electron chi connectivity index (χ0n) is 16.4. The van der Waals surface area contributed by atoms with Crippen LogP contribution in [0, 0.1) is 0 Å². The largest absolute Gasteiger partial charge is 0.481 e. The number of ether oxygens (including phenoxy) is 1. The molecule has 0 saturated heterocycles. The van der Waals surface area contributed by atoms with Crippen LogP contribution in [0.4, 0.5) is 18.9 Å². The topological polar surface area (TPSA) is 93.4 Å². The first-order chi connectivity index (χ1) is 14.5. The van der Waals surface area contributed by atoms with Crippen LogP contribution in [0.2, 0.25) is 5.02 Å². The predicted molar refractivity (Wildman–Crippen MR) is 108 cm³/mol. The number of hydrogen-bond acceptors (Lipinski definition) is 4. The summed E-state index contributed by atoms with van der Waals surface area (Å²) in [5.41, 5.74) is 0.606. The number of anilines is 1. The molecular weight excluding hydrogens is 439 g/mol. The van der Waals surface area contributed by atoms with E-state index in [1.807, 2.05) is 0 Å². The van der Waals surface area contributed by atoms with Gasteiger partial charge < -0.3 is 19.7 Å². The van der Waals surface area contributed by atoms with Crippen molar-refractivity contribution in [2.45, 2.75) is 19.5 Å². The lowest BCUT2D eigenvalue weighted by molar-refractivity contribution is -0.153. The van der Waals surface area contributed by atoms with Crippen molar-refractivity contribution in [3.8, 4) is 5.75 Å². The van der Waals surface area contributed by atoms with E-state index in [1.165, 1.54) is 37.4 Å². The SMILES string of the molecule is CCc1nc2c(cc1NC(=O)c1ccc(Cl)cc1)c(OCC(F)(F)F)c(C(=O)O)n2C. The van der Waals surface area contributed by atoms with E-state index < -0.39 is 36.1 Å². The van der Waals surface area contributed by atoms with Gasteiger partial charge in [0.2, 0.25) is 0 Å². The van der Waals surface area contributed by atoms with Gasteiger partial charge in [-0.25, -0.2) is 9.78 Å². The molecule has 0 saturated carbocycles. The van der Waals surface area contributed by atoms with Crippen LogP contribution in [0.15, 0.2) is 30.3 Å². The monoisotopic (exact) mass is 455 g/mol. The maximum atomic E-state index is 12.7. The van der Waals surface area contributed by atoms with Crippen LogP contribution < -0.4 is 10.1 Å². The highest BCUT2D eigenvalue weighted by atomic mass is 35.5. The molecule has 3 rings (SSSR count). The molecule has 0 aliphatic heterocycles. The van der Waals surface area contributed by atoms with Gasteiger partial charge in [-0.05, 0) is 36.8 Å². The fourth-order valence-corrected chi connectivity index (χ4v) is 3.19. The van der Waals surface area contributed by atoms with Gasteiger partial charge in [0.15, 0.2) is 18.1 Å². The summed E-state index contributed by atoms with van der Waals surface area (Å²) >= 11 is 5.83. The van der Waals surface area contributed by atoms with Gasteiger partial charge in [-0.1, -0.05) is 18.5 Å². The Kier molecular flexibility index (Phi) is 6.12. The zero-order valence-corrected chi connectivity index (χ0v) is 17.1. The minimum absolute atomic E-state index is 0.0350. The number of pyridine rings is 1. The van der Waals surface area contributed by atoms with Crippen LogP contribution in [0.5, 0.6) is 5.75 Å². The first-order valence-electron chi connectivity index (χ1n) is 9.04. The molecule has 164 valence electrons. The van der Waals surface area contributed by atoms with Crippen LogP contribution in [0.1, 0.15) is 33.5 Å². The Labute approximate surface area is 179 Å². The molecule has 0 spiro atoms. The minimum atomic E-state index is -4.67. The number of halogens is 4. The first kappa shape index (κ1) is 22.4. The molecule has 1 amide bonds. The molecule has 2 aromatic heterocycles. The summed E-state index contributed by atoms with van der Waals surface area (Å²) in [6.07, 6.45) is -4.29. The number of nitrogens with one attached hydrogen (secondary N) is 1. The van der Waals surface area contributed by atoms with Gasteiger partial charge in [0.1, 0.15) is 5.65 Å². The number of rotatable bonds is 6. The van der Waals surface area contributed by atoms with Crippen molar-refractivity contribution in [3.05, 3.63) is 52.3 Å². The van der Waals surface area contributed by atoms with E-state index in [4.69, 9.17) is 16.3 Å². The Bertz CT molecular complexity index is 1160. The summed E-state index contributed by atoms with van der Waals surface area (Å²) in [6, 6.07) is 7.47. The Morgan fingerprint density at radius 3 is 2.45 bits per heavy atom. The molecule has 31 heavy (non-hydrogen) atoms. The molecular formula is C20H17ClF3N3O4. The van der Waals surface area contributed by atoms with Gasteiger partial charge in [-0.2, -0.15) is 13.2 Å². The van der Waals surface area contributed by atoms with E-state index >= 15 is 0 Å². The van der Waals surface area contributed by atoms with Crippen molar-refractivity contribution < 1.29 is 32.6 Å². The summed E-state index contributed by atoms with van der Waals surface area (Å²) < 4.78 is 44.1. The number of carbonyl (C=O) groups is 2. The molecule has 0 radical (unpaired) electrons. The lowest BCUT2D eigenvalue weighted by Crippen LogP contribution is -2.20. The fourth-order valence-electron chi connectivity index (χ4n) is 3.06. The van der Waals surface area contributed by atoms with Crippen molar-refractivity contribution in [2.75, 3.05) is 11.9 Å². The Morgan fingerprint density at radius 2 is 1.90 bits per heavy atom. The maximum absolute atomic E-state index is 12.7. The van der Waals surface area contributed by atoms with Crippen molar-refractivity contribution in [1.82, 2.24) is 9.55 Å². The van der Waals surface area contributed by atoms with Gasteiger partial charge in [-0.3, -0.25) is 4.79 Å². The number of amides is 1. The molecule has 0 aliphatic carbocycles. The van der Waals surface area contributed by atoms with Gasteiger partial charge in [0, 0.05) is 17.6 Å². The standard InChI is InChI=1S/C20H17ClF3N3O4/c1-3-13-14(26-18(28)10-4-6-11(21)7-5-10)8-12-16(31-9-20(22,23)24)15(19(29)30)27(2)17(12)25-13/h4-8H,3,9H2,1-2H3,(H,26,28)(H,29,30). The molecule has 0 bridgehead atoms. The van der Waals surface area contributed by atoms with Crippen molar-refractivity contribution >= 4 is 40.2 Å². The average molecular weight is 456 g/mol. The number of benzene rings is 1. The second kappa shape index (κ2) is 8.46. The van der Waals surface area contributed by atoms with E-state index in [0.29, 0.717) is 22.7 Å². The number of aromatic nitrogens is 2. The third-order valence-corrected chi connectivity index (χ3v) is 4.72. The summed E-state index contributed by atoms with van der Waals surface area (Å²) in [4.78, 5) is 28.6. The number of hydrogen-bond donors (Lipinski definition) is 2. The molecule has 0 unspecified atom stereocenters. The molecule has 7 nitrogen and oxygen atoms in total. The smallest absolute Gasteiger partial charge is 0.422 e. The second-order valence-electron chi connectivity index (χ2n) is 6.61. The van der Waals surface area contributed by atoms with Crippen molar-refractivity contribution in [1.29, 1.82) is 0 Å². The number of fused-ring (bicyclic) bond motifs is 1. The molecule has 11 heteroatoms. The molecule has 0 fully saturated rings. The predicted octanol–water partition coefficient (Wildman–Crippen LogP) is 4.68. The quantitative estimate of drug-likeness (QED) is 0.563. The summed E-state index contributed by atoms with van der Waals surface area (Å²) in [5.74, 6) is -2.43. The van der Waals surface area contributed by atoms with Crippen LogP contribution >= 0.6 is 11.6 Å². The lowest BCUT2D eigenvalue weighted by Gasteiger charge is -2.12. The Hall–Kier alpha value is -3.27. The molecule has 0 atom stereocenters. The maximum Gasteiger partial charge on any atom is 0.422 e. The van der Waals surface area contributed by atoms with Crippen LogP contribution in [-0.2, 0) is 13.5 Å². The number of nitrogens with zero attached hydrogens (tertiary/aromatic N) is 2. The lowest BCUT2D eigenvalue weighted by atomic mass is 10.1. The van der Waals surface area contributed by atoms with E-state index in [9.17, 15) is 27.9 Å². The minimum Gasteiger partial charge on any atom is -0.481 e. The fraction of sp³-hybridized carbons (Fsp3) is 0.250. The normalized spacial score (nSPS) is 11.5. The third-order valence-electron chi connectivity index (χ3n) is 4.47. The Morgan fingerprint density at radius 1 is 1.26 bits per heavy atom. The first-order valence-corrected chi connectivity index (χ1v) is 9.41. The Balaban J connectivity index is 2.10. The van der Waals surface area contributed by atoms with E-state index in [2.05, 4.69) is 10.3 Å². The van der Waals surface area contributed by atoms with Crippen molar-refractivity contribution in [2.24, 2.45) is 7.05 Å². The third kappa shape index (κ3) is 4.74. The number of carboxylic acid groups (broad SMARTS) is 1. The van der Waals surface area contributed by atoms with Gasteiger partial charge in [0.05, 0.1) is 16.8 Å².